The van der Waals surface area contributed by atoms with Gasteiger partial charge in [0.05, 0.1) is 48.4 Å². The summed E-state index contributed by atoms with van der Waals surface area (Å²) in [6.45, 7) is 2.49. The minimum atomic E-state index is -0.215. The van der Waals surface area contributed by atoms with Crippen LogP contribution in [-0.4, -0.2) is 46.4 Å². The number of benzene rings is 1. The van der Waals surface area contributed by atoms with Gasteiger partial charge in [-0.3, -0.25) is 14.5 Å². The Hall–Kier alpha value is -3.85. The van der Waals surface area contributed by atoms with Gasteiger partial charge in [-0.2, -0.15) is 5.10 Å². The molecule has 1 aliphatic heterocycles. The van der Waals surface area contributed by atoms with Crippen molar-refractivity contribution in [2.24, 2.45) is 0 Å². The van der Waals surface area contributed by atoms with Crippen LogP contribution in [0.5, 0.6) is 11.6 Å². The van der Waals surface area contributed by atoms with Crippen LogP contribution in [0.15, 0.2) is 42.7 Å². The fourth-order valence-electron chi connectivity index (χ4n) is 3.99. The van der Waals surface area contributed by atoms with Crippen LogP contribution in [0, 0.1) is 0 Å². The first-order valence-electron chi connectivity index (χ1n) is 10.3. The van der Waals surface area contributed by atoms with Crippen molar-refractivity contribution in [3.8, 4) is 22.9 Å². The van der Waals surface area contributed by atoms with Gasteiger partial charge < -0.3 is 20.1 Å². The zero-order valence-corrected chi connectivity index (χ0v) is 19.0. The van der Waals surface area contributed by atoms with Crippen LogP contribution in [0.2, 0.25) is 5.02 Å². The number of carbonyl (C=O) groups excluding carboxylic acids is 1. The van der Waals surface area contributed by atoms with E-state index in [1.54, 1.807) is 37.4 Å². The highest BCUT2D eigenvalue weighted by molar-refractivity contribution is 6.32. The highest BCUT2D eigenvalue weighted by Gasteiger charge is 2.31. The second-order valence-corrected chi connectivity index (χ2v) is 8.03. The lowest BCUT2D eigenvalue weighted by Crippen LogP contribution is -2.38. The Kier molecular flexibility index (Phi) is 5.26. The number of rotatable bonds is 5. The van der Waals surface area contributed by atoms with Crippen LogP contribution < -0.4 is 20.1 Å². The molecule has 1 atom stereocenters. The largest absolute Gasteiger partial charge is 0.493 e. The molecule has 1 aromatic carbocycles. The Morgan fingerprint density at radius 2 is 2.06 bits per heavy atom. The molecule has 0 fully saturated rings. The Balaban J connectivity index is 1.78. The van der Waals surface area contributed by atoms with Gasteiger partial charge in [-0.05, 0) is 25.1 Å². The quantitative estimate of drug-likeness (QED) is 0.456. The standard InChI is InChI=1S/C23H21ClN6O3/c1-12-10-27-23(31)21-20(28-16-6-4-5-15(24)22(16)33-3)19(29-30(12)21)13-7-8-25-17-11-26-18(32-2)9-14(13)17/h4-9,11-12,28H,10H2,1-3H3,(H,27,31)/t12-/m0/s1. The Bertz CT molecular complexity index is 1390. The van der Waals surface area contributed by atoms with Crippen LogP contribution in [0.1, 0.15) is 23.5 Å². The highest BCUT2D eigenvalue weighted by Crippen LogP contribution is 2.41. The molecule has 0 unspecified atom stereocenters. The monoisotopic (exact) mass is 464 g/mol. The maximum atomic E-state index is 13.0. The number of nitrogens with one attached hydrogen (secondary N) is 2. The third-order valence-corrected chi connectivity index (χ3v) is 5.90. The minimum absolute atomic E-state index is 0.0300. The predicted molar refractivity (Wildman–Crippen MR) is 126 cm³/mol. The average molecular weight is 465 g/mol. The number of ether oxygens (including phenoxy) is 2. The zero-order valence-electron chi connectivity index (χ0n) is 18.2. The number of methoxy groups -OCH3 is 2. The normalized spacial score (nSPS) is 15.2. The molecule has 10 heteroatoms. The number of pyridine rings is 2. The smallest absolute Gasteiger partial charge is 0.271 e. The summed E-state index contributed by atoms with van der Waals surface area (Å²) in [6.07, 6.45) is 3.34. The van der Waals surface area contributed by atoms with E-state index in [1.165, 1.54) is 0 Å². The molecular weight excluding hydrogens is 444 g/mol. The zero-order chi connectivity index (χ0) is 23.1. The number of halogens is 1. The molecule has 0 saturated carbocycles. The van der Waals surface area contributed by atoms with Crippen molar-refractivity contribution in [1.29, 1.82) is 0 Å². The molecule has 4 heterocycles. The summed E-state index contributed by atoms with van der Waals surface area (Å²) in [6, 6.07) is 9.02. The third kappa shape index (κ3) is 3.50. The summed E-state index contributed by atoms with van der Waals surface area (Å²) in [5.41, 5.74) is 3.65. The molecule has 0 spiro atoms. The van der Waals surface area contributed by atoms with E-state index >= 15 is 0 Å². The Morgan fingerprint density at radius 1 is 1.21 bits per heavy atom. The van der Waals surface area contributed by atoms with Crippen molar-refractivity contribution in [3.63, 3.8) is 0 Å². The minimum Gasteiger partial charge on any atom is -0.493 e. The average Bonchev–Trinajstić information content (AvgIpc) is 3.21. The topological polar surface area (TPSA) is 103 Å². The summed E-state index contributed by atoms with van der Waals surface area (Å²) < 4.78 is 12.6. The molecule has 33 heavy (non-hydrogen) atoms. The highest BCUT2D eigenvalue weighted by atomic mass is 35.5. The van der Waals surface area contributed by atoms with Gasteiger partial charge in [-0.25, -0.2) is 4.98 Å². The summed E-state index contributed by atoms with van der Waals surface area (Å²) in [5, 5.41) is 12.4. The van der Waals surface area contributed by atoms with Crippen LogP contribution in [0.25, 0.3) is 22.2 Å². The van der Waals surface area contributed by atoms with Crippen molar-refractivity contribution >= 4 is 39.8 Å². The molecule has 1 aliphatic rings. The molecule has 1 amide bonds. The fraction of sp³-hybridized carbons (Fsp3) is 0.217. The summed E-state index contributed by atoms with van der Waals surface area (Å²) in [7, 11) is 3.11. The lowest BCUT2D eigenvalue weighted by Gasteiger charge is -2.22. The molecular formula is C23H21ClN6O3. The van der Waals surface area contributed by atoms with Gasteiger partial charge in [-0.15, -0.1) is 0 Å². The molecule has 2 N–H and O–H groups in total. The maximum Gasteiger partial charge on any atom is 0.271 e. The van der Waals surface area contributed by atoms with Gasteiger partial charge in [0.25, 0.3) is 5.91 Å². The van der Waals surface area contributed by atoms with E-state index in [1.807, 2.05) is 31.2 Å². The molecule has 168 valence electrons. The van der Waals surface area contributed by atoms with E-state index in [0.29, 0.717) is 51.5 Å². The second kappa shape index (κ2) is 8.25. The number of hydrogen-bond acceptors (Lipinski definition) is 7. The van der Waals surface area contributed by atoms with Crippen molar-refractivity contribution in [3.05, 3.63) is 53.4 Å². The molecule has 0 bridgehead atoms. The van der Waals surface area contributed by atoms with Crippen LogP contribution in [0.3, 0.4) is 0 Å². The van der Waals surface area contributed by atoms with E-state index in [0.717, 1.165) is 10.9 Å². The molecule has 4 aromatic rings. The first-order valence-corrected chi connectivity index (χ1v) is 10.7. The van der Waals surface area contributed by atoms with Crippen LogP contribution in [-0.2, 0) is 0 Å². The maximum absolute atomic E-state index is 13.0. The number of nitrogens with zero attached hydrogens (tertiary/aromatic N) is 4. The second-order valence-electron chi connectivity index (χ2n) is 7.62. The summed E-state index contributed by atoms with van der Waals surface area (Å²) >= 11 is 6.34. The van der Waals surface area contributed by atoms with E-state index < -0.39 is 0 Å². The SMILES string of the molecule is COc1cc2c(-c3nn4c(c3Nc3cccc(Cl)c3OC)C(=O)NC[C@@H]4C)ccnc2cn1. The van der Waals surface area contributed by atoms with Gasteiger partial charge in [0.2, 0.25) is 5.88 Å². The van der Waals surface area contributed by atoms with Crippen LogP contribution >= 0.6 is 11.6 Å². The van der Waals surface area contributed by atoms with E-state index in [-0.39, 0.29) is 11.9 Å². The molecule has 0 aliphatic carbocycles. The van der Waals surface area contributed by atoms with Gasteiger partial charge in [0.1, 0.15) is 5.69 Å². The number of para-hydroxylation sites is 1. The molecule has 3 aromatic heterocycles. The summed E-state index contributed by atoms with van der Waals surface area (Å²) in [5.74, 6) is 0.714. The van der Waals surface area contributed by atoms with Gasteiger partial charge in [0, 0.05) is 29.8 Å². The fourth-order valence-corrected chi connectivity index (χ4v) is 4.24. The molecule has 0 saturated heterocycles. The Labute approximate surface area is 194 Å². The van der Waals surface area contributed by atoms with Crippen molar-refractivity contribution in [2.45, 2.75) is 13.0 Å². The van der Waals surface area contributed by atoms with Crippen LogP contribution in [0.4, 0.5) is 11.4 Å². The Morgan fingerprint density at radius 3 is 2.85 bits per heavy atom. The lowest BCUT2D eigenvalue weighted by atomic mass is 10.0. The van der Waals surface area contributed by atoms with E-state index in [4.69, 9.17) is 26.2 Å². The summed E-state index contributed by atoms with van der Waals surface area (Å²) in [4.78, 5) is 21.6. The number of fused-ring (bicyclic) bond motifs is 2. The third-order valence-electron chi connectivity index (χ3n) is 5.60. The number of carbonyl (C=O) groups is 1. The number of aromatic nitrogens is 4. The van der Waals surface area contributed by atoms with Crippen molar-refractivity contribution < 1.29 is 14.3 Å². The predicted octanol–water partition coefficient (Wildman–Crippen LogP) is 4.21. The first-order chi connectivity index (χ1) is 16.0. The van der Waals surface area contributed by atoms with Crippen molar-refractivity contribution in [1.82, 2.24) is 25.1 Å². The lowest BCUT2D eigenvalue weighted by molar-refractivity contribution is 0.0913. The number of anilines is 2. The van der Waals surface area contributed by atoms with E-state index in [2.05, 4.69) is 20.6 Å². The van der Waals surface area contributed by atoms with Gasteiger partial charge in [-0.1, -0.05) is 17.7 Å². The number of hydrogen-bond donors (Lipinski definition) is 2. The number of amides is 1. The van der Waals surface area contributed by atoms with Gasteiger partial charge >= 0.3 is 0 Å². The molecule has 0 radical (unpaired) electrons. The van der Waals surface area contributed by atoms with E-state index in [9.17, 15) is 4.79 Å². The molecule has 5 rings (SSSR count). The molecule has 9 nitrogen and oxygen atoms in total. The van der Waals surface area contributed by atoms with Crippen molar-refractivity contribution in [2.75, 3.05) is 26.1 Å². The first kappa shape index (κ1) is 21.0. The van der Waals surface area contributed by atoms with Gasteiger partial charge in [0.15, 0.2) is 11.4 Å².